The molecule has 0 unspecified atom stereocenters. The van der Waals surface area contributed by atoms with Crippen LogP contribution in [0.1, 0.15) is 48.0 Å². The summed E-state index contributed by atoms with van der Waals surface area (Å²) in [7, 11) is 0. The molecule has 2 fully saturated rings. The molecule has 0 saturated carbocycles. The smallest absolute Gasteiger partial charge is 0.253 e. The van der Waals surface area contributed by atoms with Crippen LogP contribution in [0.15, 0.2) is 24.3 Å². The predicted octanol–water partition coefficient (Wildman–Crippen LogP) is 2.11. The van der Waals surface area contributed by atoms with Crippen molar-refractivity contribution in [2.75, 3.05) is 19.7 Å². The number of ether oxygens (including phenoxy) is 1. The number of amides is 2. The Hall–Kier alpha value is -1.88. The highest BCUT2D eigenvalue weighted by Gasteiger charge is 2.20. The summed E-state index contributed by atoms with van der Waals surface area (Å²) in [5.74, 6) is 0.100. The van der Waals surface area contributed by atoms with E-state index >= 15 is 0 Å². The first-order chi connectivity index (χ1) is 11.2. The van der Waals surface area contributed by atoms with E-state index in [4.69, 9.17) is 4.74 Å². The third-order valence-corrected chi connectivity index (χ3v) is 4.49. The van der Waals surface area contributed by atoms with Crippen LogP contribution in [0.2, 0.25) is 0 Å². The quantitative estimate of drug-likeness (QED) is 0.905. The van der Waals surface area contributed by atoms with Crippen molar-refractivity contribution in [3.05, 3.63) is 35.4 Å². The molecule has 2 amide bonds. The molecule has 1 aromatic carbocycles. The lowest BCUT2D eigenvalue weighted by molar-refractivity contribution is -0.123. The third kappa shape index (κ3) is 4.32. The van der Waals surface area contributed by atoms with Crippen LogP contribution in [0.5, 0.6) is 0 Å². The number of hydrogen-bond acceptors (Lipinski definition) is 3. The van der Waals surface area contributed by atoms with Gasteiger partial charge in [-0.1, -0.05) is 12.1 Å². The maximum atomic E-state index is 12.4. The van der Waals surface area contributed by atoms with E-state index in [9.17, 15) is 9.59 Å². The minimum Gasteiger partial charge on any atom is -0.378 e. The molecule has 0 radical (unpaired) electrons. The minimum absolute atomic E-state index is 0.00757. The van der Waals surface area contributed by atoms with Gasteiger partial charge in [-0.2, -0.15) is 0 Å². The molecule has 124 valence electrons. The highest BCUT2D eigenvalue weighted by Crippen LogP contribution is 2.16. The normalized spacial score (nSPS) is 20.7. The number of likely N-dealkylation sites (tertiary alicyclic amines) is 1. The van der Waals surface area contributed by atoms with E-state index in [2.05, 4.69) is 5.32 Å². The van der Waals surface area contributed by atoms with Crippen LogP contribution < -0.4 is 5.32 Å². The van der Waals surface area contributed by atoms with E-state index in [1.165, 1.54) is 0 Å². The van der Waals surface area contributed by atoms with Crippen LogP contribution in [0.3, 0.4) is 0 Å². The van der Waals surface area contributed by atoms with Crippen LogP contribution in [0.25, 0.3) is 0 Å². The van der Waals surface area contributed by atoms with Crippen molar-refractivity contribution in [3.63, 3.8) is 0 Å². The molecular formula is C18H24N2O3. The molecule has 1 N–H and O–H groups in total. The minimum atomic E-state index is 0.00757. The second kappa shape index (κ2) is 7.59. The van der Waals surface area contributed by atoms with Gasteiger partial charge in [0.15, 0.2) is 0 Å². The molecule has 0 aromatic heterocycles. The molecule has 5 nitrogen and oxygen atoms in total. The second-order valence-electron chi connectivity index (χ2n) is 6.32. The van der Waals surface area contributed by atoms with Gasteiger partial charge in [-0.05, 0) is 43.4 Å². The lowest BCUT2D eigenvalue weighted by Gasteiger charge is -2.16. The SMILES string of the molecule is O=C(C[C@H]1CCCO1)NCc1cccc(C(=O)N2CCCC2)c1. The lowest BCUT2D eigenvalue weighted by atomic mass is 10.1. The molecule has 0 aliphatic carbocycles. The highest BCUT2D eigenvalue weighted by atomic mass is 16.5. The number of rotatable bonds is 5. The van der Waals surface area contributed by atoms with E-state index in [1.54, 1.807) is 0 Å². The fourth-order valence-corrected chi connectivity index (χ4v) is 3.20. The van der Waals surface area contributed by atoms with Gasteiger partial charge in [-0.25, -0.2) is 0 Å². The molecule has 0 spiro atoms. The van der Waals surface area contributed by atoms with E-state index in [0.717, 1.165) is 50.9 Å². The number of hydrogen-bond donors (Lipinski definition) is 1. The van der Waals surface area contributed by atoms with Gasteiger partial charge in [0.05, 0.1) is 12.5 Å². The maximum absolute atomic E-state index is 12.4. The van der Waals surface area contributed by atoms with Crippen molar-refractivity contribution in [1.29, 1.82) is 0 Å². The largest absolute Gasteiger partial charge is 0.378 e. The molecule has 0 bridgehead atoms. The first kappa shape index (κ1) is 16.0. The first-order valence-corrected chi connectivity index (χ1v) is 8.49. The average molecular weight is 316 g/mol. The predicted molar refractivity (Wildman–Crippen MR) is 87.0 cm³/mol. The van der Waals surface area contributed by atoms with Crippen LogP contribution in [0.4, 0.5) is 0 Å². The summed E-state index contributed by atoms with van der Waals surface area (Å²) in [5, 5.41) is 2.92. The monoisotopic (exact) mass is 316 g/mol. The zero-order chi connectivity index (χ0) is 16.1. The molecular weight excluding hydrogens is 292 g/mol. The second-order valence-corrected chi connectivity index (χ2v) is 6.32. The van der Waals surface area contributed by atoms with E-state index in [1.807, 2.05) is 29.2 Å². The molecule has 2 aliphatic rings. The molecule has 1 atom stereocenters. The summed E-state index contributed by atoms with van der Waals surface area (Å²) in [5.41, 5.74) is 1.66. The number of nitrogens with zero attached hydrogens (tertiary/aromatic N) is 1. The van der Waals surface area contributed by atoms with E-state index in [0.29, 0.717) is 18.5 Å². The van der Waals surface area contributed by atoms with Crippen LogP contribution in [-0.2, 0) is 16.1 Å². The maximum Gasteiger partial charge on any atom is 0.253 e. The van der Waals surface area contributed by atoms with Crippen molar-refractivity contribution in [1.82, 2.24) is 10.2 Å². The first-order valence-electron chi connectivity index (χ1n) is 8.49. The topological polar surface area (TPSA) is 58.6 Å². The fraction of sp³-hybridized carbons (Fsp3) is 0.556. The Morgan fingerprint density at radius 2 is 2.04 bits per heavy atom. The van der Waals surface area contributed by atoms with Crippen molar-refractivity contribution in [2.24, 2.45) is 0 Å². The molecule has 1 aromatic rings. The third-order valence-electron chi connectivity index (χ3n) is 4.49. The van der Waals surface area contributed by atoms with Gasteiger partial charge in [0.25, 0.3) is 5.91 Å². The summed E-state index contributed by atoms with van der Waals surface area (Å²) in [6, 6.07) is 7.54. The molecule has 3 rings (SSSR count). The van der Waals surface area contributed by atoms with Gasteiger partial charge in [-0.15, -0.1) is 0 Å². The van der Waals surface area contributed by atoms with E-state index in [-0.39, 0.29) is 17.9 Å². The van der Waals surface area contributed by atoms with Crippen LogP contribution in [-0.4, -0.2) is 42.5 Å². The van der Waals surface area contributed by atoms with Gasteiger partial charge in [0, 0.05) is 31.8 Å². The Bertz CT molecular complexity index is 561. The Morgan fingerprint density at radius 1 is 1.22 bits per heavy atom. The zero-order valence-electron chi connectivity index (χ0n) is 13.4. The summed E-state index contributed by atoms with van der Waals surface area (Å²) >= 11 is 0. The van der Waals surface area contributed by atoms with Crippen molar-refractivity contribution in [3.8, 4) is 0 Å². The van der Waals surface area contributed by atoms with Gasteiger partial charge in [-0.3, -0.25) is 9.59 Å². The Labute approximate surface area is 137 Å². The zero-order valence-corrected chi connectivity index (χ0v) is 13.4. The van der Waals surface area contributed by atoms with Crippen molar-refractivity contribution >= 4 is 11.8 Å². The molecule has 5 heteroatoms. The molecule has 2 heterocycles. The number of carbonyl (C=O) groups excluding carboxylic acids is 2. The van der Waals surface area contributed by atoms with E-state index < -0.39 is 0 Å². The van der Waals surface area contributed by atoms with Gasteiger partial charge in [0.1, 0.15) is 0 Å². The van der Waals surface area contributed by atoms with Gasteiger partial charge < -0.3 is 15.0 Å². The van der Waals surface area contributed by atoms with Gasteiger partial charge in [0.2, 0.25) is 5.91 Å². The number of nitrogens with one attached hydrogen (secondary N) is 1. The van der Waals surface area contributed by atoms with Crippen molar-refractivity contribution < 1.29 is 14.3 Å². The summed E-state index contributed by atoms with van der Waals surface area (Å²) in [4.78, 5) is 26.2. The lowest BCUT2D eigenvalue weighted by Crippen LogP contribution is -2.28. The standard InChI is InChI=1S/C18H24N2O3/c21-17(12-16-7-4-10-23-16)19-13-14-5-3-6-15(11-14)18(22)20-8-1-2-9-20/h3,5-6,11,16H,1-2,4,7-10,12-13H2,(H,19,21)/t16-/m1/s1. The molecule has 2 saturated heterocycles. The van der Waals surface area contributed by atoms with Crippen LogP contribution >= 0.6 is 0 Å². The molecule has 23 heavy (non-hydrogen) atoms. The summed E-state index contributed by atoms with van der Waals surface area (Å²) < 4.78 is 5.47. The number of benzene rings is 1. The Morgan fingerprint density at radius 3 is 2.78 bits per heavy atom. The fourth-order valence-electron chi connectivity index (χ4n) is 3.20. The Kier molecular flexibility index (Phi) is 5.28. The van der Waals surface area contributed by atoms with Gasteiger partial charge >= 0.3 is 0 Å². The van der Waals surface area contributed by atoms with Crippen LogP contribution in [0, 0.1) is 0 Å². The highest BCUT2D eigenvalue weighted by molar-refractivity contribution is 5.94. The van der Waals surface area contributed by atoms with Crippen molar-refractivity contribution in [2.45, 2.75) is 44.8 Å². The Balaban J connectivity index is 1.52. The number of carbonyl (C=O) groups is 2. The summed E-state index contributed by atoms with van der Waals surface area (Å²) in [6.07, 6.45) is 4.67. The molecule has 2 aliphatic heterocycles. The average Bonchev–Trinajstić information content (AvgIpc) is 3.26. The summed E-state index contributed by atoms with van der Waals surface area (Å²) in [6.45, 7) is 2.91.